The van der Waals surface area contributed by atoms with E-state index >= 15 is 0 Å². The van der Waals surface area contributed by atoms with Crippen molar-refractivity contribution in [2.75, 3.05) is 5.73 Å². The predicted molar refractivity (Wildman–Crippen MR) is 100 cm³/mol. The maximum atomic E-state index is 14.6. The standard InChI is InChI=1S/C20H14F2N4O/c1-10-24-16-8-12(7-15(21)17(16)20(27)25-10)14-9-13(18(22)26-19(14)23)11-5-3-2-4-6-11/h2-9H,1H3,(H2,23,26)(H,24,25,27). The summed E-state index contributed by atoms with van der Waals surface area (Å²) >= 11 is 0. The summed E-state index contributed by atoms with van der Waals surface area (Å²) in [5, 5.41) is -0.138. The number of anilines is 1. The molecular formula is C20H14F2N4O. The summed E-state index contributed by atoms with van der Waals surface area (Å²) in [5.74, 6) is -1.16. The molecule has 2 aromatic carbocycles. The molecule has 0 aliphatic rings. The molecule has 0 spiro atoms. The zero-order valence-electron chi connectivity index (χ0n) is 14.3. The molecule has 2 heterocycles. The highest BCUT2D eigenvalue weighted by molar-refractivity contribution is 5.88. The lowest BCUT2D eigenvalue weighted by molar-refractivity contribution is 0.590. The average Bonchev–Trinajstić information content (AvgIpc) is 2.61. The molecule has 0 unspecified atom stereocenters. The Hall–Kier alpha value is -3.61. The van der Waals surface area contributed by atoms with Crippen LogP contribution in [0, 0.1) is 18.7 Å². The van der Waals surface area contributed by atoms with Crippen LogP contribution in [0.3, 0.4) is 0 Å². The molecule has 2 aromatic heterocycles. The van der Waals surface area contributed by atoms with Gasteiger partial charge >= 0.3 is 0 Å². The fraction of sp³-hybridized carbons (Fsp3) is 0.0500. The van der Waals surface area contributed by atoms with E-state index in [1.165, 1.54) is 12.1 Å². The van der Waals surface area contributed by atoms with E-state index in [0.717, 1.165) is 0 Å². The van der Waals surface area contributed by atoms with Gasteiger partial charge in [0, 0.05) is 11.1 Å². The predicted octanol–water partition coefficient (Wildman–Crippen LogP) is 3.82. The number of nitrogens with one attached hydrogen (secondary N) is 1. The molecule has 0 fully saturated rings. The van der Waals surface area contributed by atoms with Crippen molar-refractivity contribution in [2.24, 2.45) is 0 Å². The van der Waals surface area contributed by atoms with Crippen molar-refractivity contribution in [3.05, 3.63) is 76.5 Å². The van der Waals surface area contributed by atoms with Crippen molar-refractivity contribution in [3.63, 3.8) is 0 Å². The number of nitrogens with zero attached hydrogens (tertiary/aromatic N) is 2. The Bertz CT molecular complexity index is 1240. The number of hydrogen-bond donors (Lipinski definition) is 2. The first-order valence-corrected chi connectivity index (χ1v) is 8.16. The van der Waals surface area contributed by atoms with Crippen LogP contribution < -0.4 is 11.3 Å². The van der Waals surface area contributed by atoms with Gasteiger partial charge in [0.15, 0.2) is 0 Å². The van der Waals surface area contributed by atoms with Crippen molar-refractivity contribution in [1.29, 1.82) is 0 Å². The number of fused-ring (bicyclic) bond motifs is 1. The summed E-state index contributed by atoms with van der Waals surface area (Å²) < 4.78 is 28.9. The summed E-state index contributed by atoms with van der Waals surface area (Å²) in [6, 6.07) is 13.1. The van der Waals surface area contributed by atoms with Crippen LogP contribution in [0.5, 0.6) is 0 Å². The number of aryl methyl sites for hydroxylation is 1. The SMILES string of the molecule is Cc1nc2cc(-c3cc(-c4ccccc4)c(F)nc3N)cc(F)c2c(=O)[nH]1. The maximum absolute atomic E-state index is 14.6. The Balaban J connectivity index is 1.97. The molecule has 0 radical (unpaired) electrons. The molecule has 134 valence electrons. The third-order valence-electron chi connectivity index (χ3n) is 4.28. The van der Waals surface area contributed by atoms with Crippen molar-refractivity contribution in [2.45, 2.75) is 6.92 Å². The molecule has 4 rings (SSSR count). The third-order valence-corrected chi connectivity index (χ3v) is 4.28. The van der Waals surface area contributed by atoms with E-state index in [9.17, 15) is 13.6 Å². The number of benzene rings is 2. The number of aromatic nitrogens is 3. The number of aromatic amines is 1. The smallest absolute Gasteiger partial charge is 0.261 e. The van der Waals surface area contributed by atoms with E-state index in [1.54, 1.807) is 37.3 Å². The van der Waals surface area contributed by atoms with Crippen LogP contribution in [-0.4, -0.2) is 15.0 Å². The Morgan fingerprint density at radius 1 is 0.963 bits per heavy atom. The van der Waals surface area contributed by atoms with Gasteiger partial charge in [-0.2, -0.15) is 4.39 Å². The molecular weight excluding hydrogens is 350 g/mol. The van der Waals surface area contributed by atoms with E-state index in [2.05, 4.69) is 15.0 Å². The molecule has 0 bridgehead atoms. The number of nitrogen functional groups attached to an aromatic ring is 1. The Labute approximate surface area is 152 Å². The highest BCUT2D eigenvalue weighted by Crippen LogP contribution is 2.33. The number of rotatable bonds is 2. The summed E-state index contributed by atoms with van der Waals surface area (Å²) in [5.41, 5.74) is 7.11. The molecule has 0 aliphatic heterocycles. The van der Waals surface area contributed by atoms with Crippen LogP contribution >= 0.6 is 0 Å². The summed E-state index contributed by atoms with van der Waals surface area (Å²) in [4.78, 5) is 22.4. The minimum Gasteiger partial charge on any atom is -0.383 e. The molecule has 3 N–H and O–H groups in total. The Morgan fingerprint density at radius 2 is 1.70 bits per heavy atom. The second-order valence-electron chi connectivity index (χ2n) is 6.13. The van der Waals surface area contributed by atoms with Crippen molar-refractivity contribution >= 4 is 16.7 Å². The van der Waals surface area contributed by atoms with Crippen LogP contribution in [0.2, 0.25) is 0 Å². The Kier molecular flexibility index (Phi) is 3.92. The first kappa shape index (κ1) is 16.8. The van der Waals surface area contributed by atoms with Gasteiger partial charge in [-0.25, -0.2) is 14.4 Å². The van der Waals surface area contributed by atoms with Gasteiger partial charge in [-0.1, -0.05) is 30.3 Å². The monoisotopic (exact) mass is 364 g/mol. The molecule has 7 heteroatoms. The van der Waals surface area contributed by atoms with Crippen LogP contribution in [-0.2, 0) is 0 Å². The normalized spacial score (nSPS) is 11.1. The summed E-state index contributed by atoms with van der Waals surface area (Å²) in [6.45, 7) is 1.60. The number of hydrogen-bond acceptors (Lipinski definition) is 4. The Morgan fingerprint density at radius 3 is 2.44 bits per heavy atom. The van der Waals surface area contributed by atoms with E-state index in [4.69, 9.17) is 5.73 Å². The fourth-order valence-electron chi connectivity index (χ4n) is 3.05. The van der Waals surface area contributed by atoms with Gasteiger partial charge in [0.05, 0.1) is 5.52 Å². The molecule has 5 nitrogen and oxygen atoms in total. The number of pyridine rings is 1. The summed E-state index contributed by atoms with van der Waals surface area (Å²) in [7, 11) is 0. The number of H-pyrrole nitrogens is 1. The lowest BCUT2D eigenvalue weighted by atomic mass is 9.99. The van der Waals surface area contributed by atoms with E-state index in [1.807, 2.05) is 6.07 Å². The van der Waals surface area contributed by atoms with Gasteiger partial charge in [0.1, 0.15) is 22.8 Å². The lowest BCUT2D eigenvalue weighted by Gasteiger charge is -2.11. The average molecular weight is 364 g/mol. The largest absolute Gasteiger partial charge is 0.383 e. The molecule has 0 aliphatic carbocycles. The minimum atomic E-state index is -0.735. The number of nitrogens with two attached hydrogens (primary N) is 1. The van der Waals surface area contributed by atoms with Crippen molar-refractivity contribution in [3.8, 4) is 22.3 Å². The second-order valence-corrected chi connectivity index (χ2v) is 6.13. The molecule has 0 saturated carbocycles. The van der Waals surface area contributed by atoms with Gasteiger partial charge in [-0.05, 0) is 36.2 Å². The van der Waals surface area contributed by atoms with E-state index < -0.39 is 17.3 Å². The van der Waals surface area contributed by atoms with Crippen molar-refractivity contribution < 1.29 is 8.78 Å². The zero-order chi connectivity index (χ0) is 19.1. The van der Waals surface area contributed by atoms with Crippen molar-refractivity contribution in [1.82, 2.24) is 15.0 Å². The topological polar surface area (TPSA) is 84.7 Å². The molecule has 0 amide bonds. The van der Waals surface area contributed by atoms with Crippen LogP contribution in [0.15, 0.2) is 53.3 Å². The molecule has 4 aromatic rings. The van der Waals surface area contributed by atoms with Crippen LogP contribution in [0.4, 0.5) is 14.6 Å². The van der Waals surface area contributed by atoms with Gasteiger partial charge in [-0.3, -0.25) is 4.79 Å². The maximum Gasteiger partial charge on any atom is 0.261 e. The van der Waals surface area contributed by atoms with E-state index in [0.29, 0.717) is 22.5 Å². The van der Waals surface area contributed by atoms with Crippen LogP contribution in [0.25, 0.3) is 33.2 Å². The first-order valence-electron chi connectivity index (χ1n) is 8.16. The molecule has 27 heavy (non-hydrogen) atoms. The molecule has 0 saturated heterocycles. The third kappa shape index (κ3) is 2.93. The first-order chi connectivity index (χ1) is 12.9. The molecule has 0 atom stereocenters. The zero-order valence-corrected chi connectivity index (χ0v) is 14.3. The van der Waals surface area contributed by atoms with Gasteiger partial charge < -0.3 is 10.7 Å². The van der Waals surface area contributed by atoms with Gasteiger partial charge in [0.2, 0.25) is 5.95 Å². The highest BCUT2D eigenvalue weighted by Gasteiger charge is 2.16. The van der Waals surface area contributed by atoms with Gasteiger partial charge in [0.25, 0.3) is 5.56 Å². The van der Waals surface area contributed by atoms with Crippen LogP contribution in [0.1, 0.15) is 5.82 Å². The quantitative estimate of drug-likeness (QED) is 0.530. The fourth-order valence-corrected chi connectivity index (χ4v) is 3.05. The highest BCUT2D eigenvalue weighted by atomic mass is 19.1. The van der Waals surface area contributed by atoms with Gasteiger partial charge in [-0.15, -0.1) is 0 Å². The lowest BCUT2D eigenvalue weighted by Crippen LogP contribution is -2.11. The minimum absolute atomic E-state index is 0.0764. The summed E-state index contributed by atoms with van der Waals surface area (Å²) in [6.07, 6.45) is 0. The second kappa shape index (κ2) is 6.28. The number of halogens is 2. The van der Waals surface area contributed by atoms with E-state index in [-0.39, 0.29) is 22.3 Å².